The third-order valence-electron chi connectivity index (χ3n) is 8.60. The first-order chi connectivity index (χ1) is 25.6. The Morgan fingerprint density at radius 1 is 0.604 bits per heavy atom. The average Bonchev–Trinajstić information content (AvgIpc) is 3.11. The number of phosphoric acid groups is 1. The second-order valence-electron chi connectivity index (χ2n) is 15.0. The molecular weight excluding hydrogens is 685 g/mol. The number of ether oxygens (including phenoxy) is 2. The number of unbranched alkanes of at least 4 members (excludes halogenated alkanes) is 14. The number of esters is 1. The van der Waals surface area contributed by atoms with Gasteiger partial charge in [0.05, 0.1) is 41.0 Å². The molecule has 0 bridgehead atoms. The van der Waals surface area contributed by atoms with E-state index in [1.54, 1.807) is 0 Å². The molecule has 0 spiro atoms. The lowest BCUT2D eigenvalue weighted by Crippen LogP contribution is -2.37. The summed E-state index contributed by atoms with van der Waals surface area (Å²) in [5, 5.41) is 0. The monoisotopic (exact) mass is 766 g/mol. The second kappa shape index (κ2) is 37.1. The van der Waals surface area contributed by atoms with Crippen molar-refractivity contribution in [3.8, 4) is 0 Å². The number of allylic oxidation sites excluding steroid dienone is 9. The van der Waals surface area contributed by atoms with E-state index in [-0.39, 0.29) is 25.8 Å². The molecule has 0 aromatic heterocycles. The van der Waals surface area contributed by atoms with E-state index in [1.807, 2.05) is 21.1 Å². The highest BCUT2D eigenvalue weighted by atomic mass is 31.2. The molecule has 0 amide bonds. The van der Waals surface area contributed by atoms with Crippen LogP contribution in [0.1, 0.15) is 155 Å². The van der Waals surface area contributed by atoms with E-state index in [1.165, 1.54) is 77.0 Å². The predicted molar refractivity (Wildman–Crippen MR) is 222 cm³/mol. The van der Waals surface area contributed by atoms with Crippen molar-refractivity contribution < 1.29 is 37.3 Å². The maximum Gasteiger partial charge on any atom is 0.306 e. The zero-order valence-electron chi connectivity index (χ0n) is 34.7. The predicted octanol–water partition coefficient (Wildman–Crippen LogP) is 11.5. The van der Waals surface area contributed by atoms with Gasteiger partial charge in [-0.25, -0.2) is 0 Å². The Kier molecular flexibility index (Phi) is 35.9. The molecule has 0 aromatic carbocycles. The van der Waals surface area contributed by atoms with Crippen molar-refractivity contribution in [2.24, 2.45) is 0 Å². The van der Waals surface area contributed by atoms with Gasteiger partial charge in [-0.05, 0) is 44.9 Å². The van der Waals surface area contributed by atoms with Gasteiger partial charge in [-0.15, -0.1) is 0 Å². The van der Waals surface area contributed by atoms with E-state index in [4.69, 9.17) is 18.5 Å². The Labute approximate surface area is 326 Å². The van der Waals surface area contributed by atoms with Crippen molar-refractivity contribution in [3.63, 3.8) is 0 Å². The van der Waals surface area contributed by atoms with Crippen molar-refractivity contribution >= 4 is 13.8 Å². The van der Waals surface area contributed by atoms with Crippen LogP contribution >= 0.6 is 7.82 Å². The third kappa shape index (κ3) is 41.2. The number of quaternary nitrogens is 1. The number of nitrogens with zero attached hydrogens (tertiary/aromatic N) is 1. The molecule has 53 heavy (non-hydrogen) atoms. The van der Waals surface area contributed by atoms with Crippen LogP contribution in [-0.2, 0) is 27.9 Å². The average molecular weight is 766 g/mol. The van der Waals surface area contributed by atoms with Crippen LogP contribution in [0.25, 0.3) is 0 Å². The van der Waals surface area contributed by atoms with Crippen molar-refractivity contribution in [2.45, 2.75) is 161 Å². The SMILES string of the molecule is CC/C=C\C/C=C\C/C=C\C/C=C\C/C=C\CCOCC(COP(=O)([O-])OCC[N+](C)(C)C)OC(=O)CCCCCCCCCCCCCCCCC. The van der Waals surface area contributed by atoms with Gasteiger partial charge in [0, 0.05) is 6.42 Å². The van der Waals surface area contributed by atoms with Gasteiger partial charge >= 0.3 is 5.97 Å². The molecule has 0 aliphatic heterocycles. The van der Waals surface area contributed by atoms with Gasteiger partial charge in [0.2, 0.25) is 0 Å². The zero-order chi connectivity index (χ0) is 39.1. The summed E-state index contributed by atoms with van der Waals surface area (Å²) < 4.78 is 34.4. The summed E-state index contributed by atoms with van der Waals surface area (Å²) in [5.41, 5.74) is 0. The summed E-state index contributed by atoms with van der Waals surface area (Å²) in [7, 11) is 1.31. The lowest BCUT2D eigenvalue weighted by atomic mass is 10.0. The normalized spacial score (nSPS) is 14.5. The molecule has 0 aromatic rings. The van der Waals surface area contributed by atoms with Crippen LogP contribution in [-0.4, -0.2) is 70.7 Å². The zero-order valence-corrected chi connectivity index (χ0v) is 35.6. The first-order valence-electron chi connectivity index (χ1n) is 21.0. The van der Waals surface area contributed by atoms with E-state index < -0.39 is 13.9 Å². The highest BCUT2D eigenvalue weighted by Crippen LogP contribution is 2.38. The molecule has 9 heteroatoms. The van der Waals surface area contributed by atoms with Gasteiger partial charge < -0.3 is 27.9 Å². The molecule has 2 unspecified atom stereocenters. The summed E-state index contributed by atoms with van der Waals surface area (Å²) in [6, 6.07) is 0. The van der Waals surface area contributed by atoms with Crippen LogP contribution < -0.4 is 4.89 Å². The third-order valence-corrected chi connectivity index (χ3v) is 9.57. The minimum atomic E-state index is -4.54. The standard InChI is InChI=1S/C44H80NO7P/c1-6-8-10-12-14-16-18-20-22-24-26-28-30-32-34-36-39-49-41-43(42-51-53(47,48)50-40-38-45(3,4)5)52-44(46)37-35-33-31-29-27-25-23-21-19-17-15-13-11-9-7-2/h8,10,14,16,20,22,26,28,32,34,43H,6-7,9,11-13,15,17-19,21,23-25,27,29-31,33,35-42H2,1-5H3/b10-8-,16-14-,22-20-,28-26-,34-32-. The number of hydrogen-bond acceptors (Lipinski definition) is 7. The Bertz CT molecular complexity index is 1030. The van der Waals surface area contributed by atoms with Gasteiger partial charge in [0.25, 0.3) is 7.82 Å². The van der Waals surface area contributed by atoms with Crippen LogP contribution in [0.15, 0.2) is 60.8 Å². The summed E-state index contributed by atoms with van der Waals surface area (Å²) in [6.07, 6.45) is 45.4. The maximum absolute atomic E-state index is 12.6. The van der Waals surface area contributed by atoms with E-state index in [2.05, 4.69) is 74.6 Å². The number of likely N-dealkylation sites (N-methyl/N-ethyl adjacent to an activating group) is 1. The summed E-state index contributed by atoms with van der Waals surface area (Å²) >= 11 is 0. The molecule has 308 valence electrons. The molecule has 0 radical (unpaired) electrons. The lowest BCUT2D eigenvalue weighted by molar-refractivity contribution is -0.870. The van der Waals surface area contributed by atoms with Crippen LogP contribution in [0.4, 0.5) is 0 Å². The van der Waals surface area contributed by atoms with Gasteiger partial charge in [-0.2, -0.15) is 0 Å². The van der Waals surface area contributed by atoms with Crippen molar-refractivity contribution in [1.82, 2.24) is 0 Å². The number of hydrogen-bond donors (Lipinski definition) is 0. The van der Waals surface area contributed by atoms with Crippen LogP contribution in [0.2, 0.25) is 0 Å². The quantitative estimate of drug-likeness (QED) is 0.0203. The summed E-state index contributed by atoms with van der Waals surface area (Å²) in [6.45, 7) is 5.06. The summed E-state index contributed by atoms with van der Waals surface area (Å²) in [4.78, 5) is 25.0. The Hall–Kier alpha value is -1.80. The molecular formula is C44H80NO7P. The highest BCUT2D eigenvalue weighted by molar-refractivity contribution is 7.45. The van der Waals surface area contributed by atoms with E-state index in [9.17, 15) is 14.3 Å². The van der Waals surface area contributed by atoms with Crippen molar-refractivity contribution in [2.75, 3.05) is 54.1 Å². The van der Waals surface area contributed by atoms with E-state index in [0.29, 0.717) is 30.5 Å². The number of carbonyl (C=O) groups excluding carboxylic acids is 1. The molecule has 0 fully saturated rings. The van der Waals surface area contributed by atoms with E-state index >= 15 is 0 Å². The Morgan fingerprint density at radius 3 is 1.53 bits per heavy atom. The van der Waals surface area contributed by atoms with Gasteiger partial charge in [-0.3, -0.25) is 9.36 Å². The van der Waals surface area contributed by atoms with Gasteiger partial charge in [-0.1, -0.05) is 164 Å². The Balaban J connectivity index is 4.38. The fourth-order valence-corrected chi connectivity index (χ4v) is 6.10. The van der Waals surface area contributed by atoms with Gasteiger partial charge in [0.15, 0.2) is 0 Å². The first-order valence-corrected chi connectivity index (χ1v) is 22.5. The smallest absolute Gasteiger partial charge is 0.306 e. The van der Waals surface area contributed by atoms with Crippen LogP contribution in [0.5, 0.6) is 0 Å². The topological polar surface area (TPSA) is 94.1 Å². The molecule has 0 saturated carbocycles. The number of rotatable bonds is 38. The molecule has 0 N–H and O–H groups in total. The first kappa shape index (κ1) is 51.2. The fraction of sp³-hybridized carbons (Fsp3) is 0.750. The van der Waals surface area contributed by atoms with Crippen LogP contribution in [0.3, 0.4) is 0 Å². The van der Waals surface area contributed by atoms with Crippen molar-refractivity contribution in [3.05, 3.63) is 60.8 Å². The Morgan fingerprint density at radius 2 is 1.06 bits per heavy atom. The molecule has 0 saturated heterocycles. The van der Waals surface area contributed by atoms with Gasteiger partial charge in [0.1, 0.15) is 19.3 Å². The molecule has 0 aliphatic rings. The van der Waals surface area contributed by atoms with Crippen LogP contribution in [0, 0.1) is 0 Å². The maximum atomic E-state index is 12.6. The molecule has 0 aliphatic carbocycles. The molecule has 0 rings (SSSR count). The molecule has 0 heterocycles. The summed E-state index contributed by atoms with van der Waals surface area (Å²) in [5.74, 6) is -0.360. The fourth-order valence-electron chi connectivity index (χ4n) is 5.37. The van der Waals surface area contributed by atoms with Crippen molar-refractivity contribution in [1.29, 1.82) is 0 Å². The number of phosphoric ester groups is 1. The number of carbonyl (C=O) groups is 1. The lowest BCUT2D eigenvalue weighted by Gasteiger charge is -2.28. The largest absolute Gasteiger partial charge is 0.756 e. The minimum Gasteiger partial charge on any atom is -0.756 e. The highest BCUT2D eigenvalue weighted by Gasteiger charge is 2.20. The molecule has 8 nitrogen and oxygen atoms in total. The van der Waals surface area contributed by atoms with E-state index in [0.717, 1.165) is 51.4 Å². The second-order valence-corrected chi connectivity index (χ2v) is 16.4. The minimum absolute atomic E-state index is 0.0116. The molecule has 2 atom stereocenters.